The lowest BCUT2D eigenvalue weighted by Crippen LogP contribution is -2.29. The first-order chi connectivity index (χ1) is 15.2. The Morgan fingerprint density at radius 3 is 2.25 bits per heavy atom. The Balaban J connectivity index is 1.75. The smallest absolute Gasteiger partial charge is 0.241 e. The quantitative estimate of drug-likeness (QED) is 0.524. The largest absolute Gasteiger partial charge is 0.372 e. The summed E-state index contributed by atoms with van der Waals surface area (Å²) in [5, 5.41) is 2.84. The topological polar surface area (TPSA) is 78.5 Å². The molecule has 0 aromatic heterocycles. The van der Waals surface area contributed by atoms with Crippen molar-refractivity contribution in [2.45, 2.75) is 55.9 Å². The van der Waals surface area contributed by atoms with E-state index < -0.39 is 10.0 Å². The summed E-state index contributed by atoms with van der Waals surface area (Å²) in [6, 6.07) is 12.6. The molecule has 2 aromatic rings. The minimum atomic E-state index is -3.76. The van der Waals surface area contributed by atoms with Gasteiger partial charge in [-0.05, 0) is 68.3 Å². The second kappa shape index (κ2) is 10.7. The molecule has 0 saturated carbocycles. The van der Waals surface area contributed by atoms with Gasteiger partial charge in [-0.3, -0.25) is 4.79 Å². The van der Waals surface area contributed by atoms with Gasteiger partial charge >= 0.3 is 0 Å². The molecule has 8 heteroatoms. The summed E-state index contributed by atoms with van der Waals surface area (Å²) in [6.45, 7) is 7.58. The maximum absolute atomic E-state index is 13.1. The Hall–Kier alpha value is -2.03. The molecule has 0 aliphatic carbocycles. The van der Waals surface area contributed by atoms with Crippen molar-refractivity contribution >= 4 is 39.1 Å². The van der Waals surface area contributed by atoms with E-state index in [-0.39, 0.29) is 22.8 Å². The highest BCUT2D eigenvalue weighted by Gasteiger charge is 2.21. The fourth-order valence-electron chi connectivity index (χ4n) is 3.72. The average molecular weight is 476 g/mol. The number of nitrogens with zero attached hydrogens (tertiary/aromatic N) is 1. The molecule has 1 fully saturated rings. The Kier molecular flexibility index (Phi) is 8.25. The van der Waals surface area contributed by atoms with Crippen LogP contribution in [0.1, 0.15) is 51.6 Å². The van der Waals surface area contributed by atoms with Gasteiger partial charge in [0.2, 0.25) is 15.9 Å². The van der Waals surface area contributed by atoms with Crippen LogP contribution in [0.2, 0.25) is 0 Å². The number of hydrogen-bond acceptors (Lipinski definition) is 5. The monoisotopic (exact) mass is 475 g/mol. The summed E-state index contributed by atoms with van der Waals surface area (Å²) in [5.74, 6) is -0.346. The van der Waals surface area contributed by atoms with Crippen LogP contribution in [0.4, 0.5) is 11.4 Å². The zero-order valence-corrected chi connectivity index (χ0v) is 20.9. The van der Waals surface area contributed by atoms with Gasteiger partial charge in [0.1, 0.15) is 0 Å². The minimum absolute atomic E-state index is 0.131. The van der Waals surface area contributed by atoms with Gasteiger partial charge < -0.3 is 10.2 Å². The molecule has 0 unspecified atom stereocenters. The highest BCUT2D eigenvalue weighted by atomic mass is 32.2. The molecule has 1 amide bonds. The molecule has 2 N–H and O–H groups in total. The van der Waals surface area contributed by atoms with Crippen LogP contribution in [0.25, 0.3) is 0 Å². The molecular weight excluding hydrogens is 442 g/mol. The molecule has 1 aliphatic rings. The highest BCUT2D eigenvalue weighted by Crippen LogP contribution is 2.29. The van der Waals surface area contributed by atoms with Gasteiger partial charge in [-0.1, -0.05) is 26.0 Å². The van der Waals surface area contributed by atoms with Gasteiger partial charge in [-0.15, -0.1) is 11.8 Å². The van der Waals surface area contributed by atoms with Crippen molar-refractivity contribution in [2.24, 2.45) is 5.92 Å². The van der Waals surface area contributed by atoms with E-state index in [1.165, 1.54) is 42.8 Å². The van der Waals surface area contributed by atoms with Crippen LogP contribution in [-0.4, -0.2) is 33.7 Å². The predicted molar refractivity (Wildman–Crippen MR) is 133 cm³/mol. The number of rotatable bonds is 8. The molecule has 2 aromatic carbocycles. The lowest BCUT2D eigenvalue weighted by Gasteiger charge is -2.29. The van der Waals surface area contributed by atoms with E-state index >= 15 is 0 Å². The molecule has 3 rings (SSSR count). The normalized spacial score (nSPS) is 15.6. The van der Waals surface area contributed by atoms with Crippen LogP contribution in [0.15, 0.2) is 52.3 Å². The molecule has 0 bridgehead atoms. The minimum Gasteiger partial charge on any atom is -0.372 e. The van der Waals surface area contributed by atoms with Gasteiger partial charge in [0.15, 0.2) is 0 Å². The summed E-state index contributed by atoms with van der Waals surface area (Å²) in [7, 11) is -3.76. The Bertz CT molecular complexity index is 1030. The van der Waals surface area contributed by atoms with Crippen molar-refractivity contribution in [1.29, 1.82) is 0 Å². The molecule has 174 valence electrons. The number of nitrogens with one attached hydrogen (secondary N) is 2. The van der Waals surface area contributed by atoms with Crippen molar-refractivity contribution in [1.82, 2.24) is 4.72 Å². The van der Waals surface area contributed by atoms with Crippen molar-refractivity contribution in [3.8, 4) is 0 Å². The fourth-order valence-corrected chi connectivity index (χ4v) is 5.52. The van der Waals surface area contributed by atoms with E-state index in [0.29, 0.717) is 5.69 Å². The number of benzene rings is 2. The lowest BCUT2D eigenvalue weighted by atomic mass is 10.1. The maximum atomic E-state index is 13.1. The van der Waals surface area contributed by atoms with Gasteiger partial charge in [-0.2, -0.15) is 0 Å². The fraction of sp³-hybridized carbons (Fsp3) is 0.458. The number of sulfonamides is 1. The second-order valence-corrected chi connectivity index (χ2v) is 11.1. The number of carbonyl (C=O) groups excluding carboxylic acids is 1. The number of amides is 1. The van der Waals surface area contributed by atoms with Crippen LogP contribution in [-0.2, 0) is 14.8 Å². The van der Waals surface area contributed by atoms with Gasteiger partial charge in [0.05, 0.1) is 10.6 Å². The number of piperidine rings is 1. The van der Waals surface area contributed by atoms with E-state index in [1.807, 2.05) is 25.3 Å². The lowest BCUT2D eigenvalue weighted by molar-refractivity contribution is -0.118. The van der Waals surface area contributed by atoms with E-state index in [9.17, 15) is 13.2 Å². The van der Waals surface area contributed by atoms with Crippen molar-refractivity contribution < 1.29 is 13.2 Å². The van der Waals surface area contributed by atoms with Crippen LogP contribution >= 0.6 is 11.8 Å². The molecular formula is C24H33N3O3S2. The zero-order valence-electron chi connectivity index (χ0n) is 19.2. The zero-order chi connectivity index (χ0) is 23.3. The Morgan fingerprint density at radius 2 is 1.66 bits per heavy atom. The van der Waals surface area contributed by atoms with Crippen molar-refractivity contribution in [3.05, 3.63) is 48.0 Å². The standard InChI is InChI=1S/C24H33N3O3S2/c1-17(2)24(28)25-22-16-21(12-13-23(22)31-4)32(29,30)26-18(3)19-8-10-20(11-9-19)27-14-6-5-7-15-27/h8-13,16-18,26H,5-7,14-15H2,1-4H3,(H,25,28)/t18-/m1/s1. The van der Waals surface area contributed by atoms with Gasteiger partial charge in [-0.25, -0.2) is 13.1 Å². The highest BCUT2D eigenvalue weighted by molar-refractivity contribution is 7.98. The van der Waals surface area contributed by atoms with E-state index in [4.69, 9.17) is 0 Å². The van der Waals surface area contributed by atoms with Crippen LogP contribution < -0.4 is 14.9 Å². The SMILES string of the molecule is CSc1ccc(S(=O)(=O)N[C@H](C)c2ccc(N3CCCCC3)cc2)cc1NC(=O)C(C)C. The summed E-state index contributed by atoms with van der Waals surface area (Å²) in [5.41, 5.74) is 2.60. The molecule has 1 heterocycles. The second-order valence-electron chi connectivity index (χ2n) is 8.49. The van der Waals surface area contributed by atoms with Gasteiger partial charge in [0.25, 0.3) is 0 Å². The summed E-state index contributed by atoms with van der Waals surface area (Å²) in [6.07, 6.45) is 5.61. The van der Waals surface area contributed by atoms with Gasteiger partial charge in [0, 0.05) is 35.6 Å². The van der Waals surface area contributed by atoms with Crippen molar-refractivity contribution in [2.75, 3.05) is 29.6 Å². The Labute approximate surface area is 196 Å². The molecule has 1 atom stereocenters. The number of thioether (sulfide) groups is 1. The average Bonchev–Trinajstić information content (AvgIpc) is 2.79. The summed E-state index contributed by atoms with van der Waals surface area (Å²) in [4.78, 5) is 15.5. The molecule has 1 aliphatic heterocycles. The third-order valence-electron chi connectivity index (χ3n) is 5.71. The number of carbonyl (C=O) groups is 1. The van der Waals surface area contributed by atoms with Crippen molar-refractivity contribution in [3.63, 3.8) is 0 Å². The third kappa shape index (κ3) is 6.05. The third-order valence-corrected chi connectivity index (χ3v) is 8.04. The van der Waals surface area contributed by atoms with E-state index in [0.717, 1.165) is 23.5 Å². The van der Waals surface area contributed by atoms with E-state index in [2.05, 4.69) is 27.1 Å². The van der Waals surface area contributed by atoms with Crippen LogP contribution in [0, 0.1) is 5.92 Å². The summed E-state index contributed by atoms with van der Waals surface area (Å²) >= 11 is 1.46. The predicted octanol–water partition coefficient (Wildman–Crippen LogP) is 5.03. The number of anilines is 2. The first-order valence-corrected chi connectivity index (χ1v) is 13.8. The summed E-state index contributed by atoms with van der Waals surface area (Å²) < 4.78 is 28.9. The number of hydrogen-bond donors (Lipinski definition) is 2. The molecule has 0 radical (unpaired) electrons. The maximum Gasteiger partial charge on any atom is 0.241 e. The first kappa shape index (κ1) is 24.6. The molecule has 1 saturated heterocycles. The molecule has 0 spiro atoms. The Morgan fingerprint density at radius 1 is 1.00 bits per heavy atom. The van der Waals surface area contributed by atoms with Crippen LogP contribution in [0.3, 0.4) is 0 Å². The molecule has 6 nitrogen and oxygen atoms in total. The molecule has 32 heavy (non-hydrogen) atoms. The van der Waals surface area contributed by atoms with Crippen LogP contribution in [0.5, 0.6) is 0 Å². The van der Waals surface area contributed by atoms with E-state index in [1.54, 1.807) is 26.0 Å². The first-order valence-electron chi connectivity index (χ1n) is 11.1.